The van der Waals surface area contributed by atoms with E-state index in [0.717, 1.165) is 6.20 Å². The van der Waals surface area contributed by atoms with Gasteiger partial charge in [0.2, 0.25) is 5.69 Å². The van der Waals surface area contributed by atoms with Crippen molar-refractivity contribution in [2.45, 2.75) is 25.8 Å². The number of aromatic amines is 1. The van der Waals surface area contributed by atoms with Crippen molar-refractivity contribution in [3.63, 3.8) is 0 Å². The molecular weight excluding hydrogens is 226 g/mol. The SMILES string of the molecule is CC[C@@H](CC#N)NC(=O)c1[nH]ncc1[N+](=O)[O-]. The van der Waals surface area contributed by atoms with Crippen molar-refractivity contribution >= 4 is 11.6 Å². The van der Waals surface area contributed by atoms with Crippen LogP contribution in [0, 0.1) is 21.4 Å². The van der Waals surface area contributed by atoms with E-state index in [4.69, 9.17) is 5.26 Å². The standard InChI is InChI=1S/C9H11N5O3/c1-2-6(3-4-10)12-9(15)8-7(14(16)17)5-11-13-8/h5-6H,2-3H2,1H3,(H,11,13)(H,12,15)/t6-/m0/s1. The van der Waals surface area contributed by atoms with Crippen molar-refractivity contribution in [1.82, 2.24) is 15.5 Å². The number of nitriles is 1. The molecule has 0 aliphatic carbocycles. The van der Waals surface area contributed by atoms with Crippen LogP contribution in [0.15, 0.2) is 6.20 Å². The maximum Gasteiger partial charge on any atom is 0.319 e. The molecule has 2 N–H and O–H groups in total. The average Bonchev–Trinajstić information content (AvgIpc) is 2.77. The van der Waals surface area contributed by atoms with Crippen LogP contribution in [-0.4, -0.2) is 27.1 Å². The number of amides is 1. The zero-order chi connectivity index (χ0) is 12.8. The van der Waals surface area contributed by atoms with Crippen LogP contribution in [0.5, 0.6) is 0 Å². The minimum Gasteiger partial charge on any atom is -0.347 e. The Morgan fingerprint density at radius 1 is 1.82 bits per heavy atom. The van der Waals surface area contributed by atoms with Gasteiger partial charge in [0.15, 0.2) is 0 Å². The molecule has 0 saturated carbocycles. The molecule has 0 bridgehead atoms. The summed E-state index contributed by atoms with van der Waals surface area (Å²) in [4.78, 5) is 21.6. The monoisotopic (exact) mass is 237 g/mol. The number of rotatable bonds is 5. The molecule has 1 aromatic rings. The van der Waals surface area contributed by atoms with E-state index < -0.39 is 10.8 Å². The van der Waals surface area contributed by atoms with Gasteiger partial charge < -0.3 is 5.32 Å². The molecule has 8 nitrogen and oxygen atoms in total. The highest BCUT2D eigenvalue weighted by atomic mass is 16.6. The Labute approximate surface area is 96.8 Å². The molecule has 1 aromatic heterocycles. The lowest BCUT2D eigenvalue weighted by atomic mass is 10.1. The fourth-order valence-corrected chi connectivity index (χ4v) is 1.25. The first-order valence-corrected chi connectivity index (χ1v) is 4.95. The van der Waals surface area contributed by atoms with E-state index in [1.165, 1.54) is 0 Å². The van der Waals surface area contributed by atoms with Gasteiger partial charge in [0.25, 0.3) is 5.91 Å². The molecule has 0 saturated heterocycles. The smallest absolute Gasteiger partial charge is 0.319 e. The van der Waals surface area contributed by atoms with Crippen molar-refractivity contribution in [3.8, 4) is 6.07 Å². The van der Waals surface area contributed by atoms with Crippen LogP contribution in [0.3, 0.4) is 0 Å². The second-order valence-corrected chi connectivity index (χ2v) is 3.33. The third kappa shape index (κ3) is 3.01. The molecule has 0 aliphatic heterocycles. The van der Waals surface area contributed by atoms with Crippen molar-refractivity contribution in [3.05, 3.63) is 22.0 Å². The van der Waals surface area contributed by atoms with Crippen LogP contribution in [0.4, 0.5) is 5.69 Å². The molecule has 90 valence electrons. The number of nitrogens with one attached hydrogen (secondary N) is 2. The molecule has 0 unspecified atom stereocenters. The van der Waals surface area contributed by atoms with Crippen LogP contribution >= 0.6 is 0 Å². The summed E-state index contributed by atoms with van der Waals surface area (Å²) in [5.74, 6) is -0.628. The first kappa shape index (κ1) is 12.6. The zero-order valence-electron chi connectivity index (χ0n) is 9.14. The summed E-state index contributed by atoms with van der Waals surface area (Å²) in [5.41, 5.74) is -0.583. The van der Waals surface area contributed by atoms with Gasteiger partial charge in [-0.3, -0.25) is 20.0 Å². The lowest BCUT2D eigenvalue weighted by molar-refractivity contribution is -0.385. The summed E-state index contributed by atoms with van der Waals surface area (Å²) in [6, 6.07) is 1.61. The van der Waals surface area contributed by atoms with Crippen molar-refractivity contribution in [1.29, 1.82) is 5.26 Å². The fraction of sp³-hybridized carbons (Fsp3) is 0.444. The molecule has 0 spiro atoms. The maximum atomic E-state index is 11.7. The fourth-order valence-electron chi connectivity index (χ4n) is 1.25. The number of hydrogen-bond donors (Lipinski definition) is 2. The Kier molecular flexibility index (Phi) is 4.16. The normalized spacial score (nSPS) is 11.5. The maximum absolute atomic E-state index is 11.7. The first-order valence-electron chi connectivity index (χ1n) is 4.95. The average molecular weight is 237 g/mol. The van der Waals surface area contributed by atoms with Gasteiger partial charge in [-0.2, -0.15) is 10.4 Å². The van der Waals surface area contributed by atoms with Gasteiger partial charge in [0.05, 0.1) is 17.4 Å². The van der Waals surface area contributed by atoms with Crippen LogP contribution in [0.25, 0.3) is 0 Å². The summed E-state index contributed by atoms with van der Waals surface area (Å²) < 4.78 is 0. The number of carbonyl (C=O) groups excluding carboxylic acids is 1. The highest BCUT2D eigenvalue weighted by molar-refractivity contribution is 5.96. The van der Waals surface area contributed by atoms with Gasteiger partial charge in [0, 0.05) is 6.04 Å². The largest absolute Gasteiger partial charge is 0.347 e. The number of H-pyrrole nitrogens is 1. The lowest BCUT2D eigenvalue weighted by Crippen LogP contribution is -2.34. The van der Waals surface area contributed by atoms with E-state index >= 15 is 0 Å². The summed E-state index contributed by atoms with van der Waals surface area (Å²) in [7, 11) is 0. The highest BCUT2D eigenvalue weighted by Crippen LogP contribution is 2.14. The topological polar surface area (TPSA) is 125 Å². The summed E-state index contributed by atoms with van der Waals surface area (Å²) >= 11 is 0. The third-order valence-electron chi connectivity index (χ3n) is 2.21. The van der Waals surface area contributed by atoms with Gasteiger partial charge in [-0.1, -0.05) is 6.92 Å². The minimum atomic E-state index is -0.691. The number of nitro groups is 1. The molecule has 0 aromatic carbocycles. The van der Waals surface area contributed by atoms with Crippen molar-refractivity contribution < 1.29 is 9.72 Å². The molecule has 0 radical (unpaired) electrons. The van der Waals surface area contributed by atoms with Gasteiger partial charge in [0.1, 0.15) is 6.20 Å². The summed E-state index contributed by atoms with van der Waals surface area (Å²) in [6.45, 7) is 1.81. The predicted octanol–water partition coefficient (Wildman–Crippen LogP) is 0.740. The van der Waals surface area contributed by atoms with Gasteiger partial charge >= 0.3 is 5.69 Å². The minimum absolute atomic E-state index is 0.157. The van der Waals surface area contributed by atoms with E-state index in [1.54, 1.807) is 0 Å². The van der Waals surface area contributed by atoms with Crippen molar-refractivity contribution in [2.75, 3.05) is 0 Å². The molecular formula is C9H11N5O3. The van der Waals surface area contributed by atoms with E-state index in [1.807, 2.05) is 13.0 Å². The predicted molar refractivity (Wildman–Crippen MR) is 57.0 cm³/mol. The Bertz CT molecular complexity index is 461. The van der Waals surface area contributed by atoms with Gasteiger partial charge in [-0.15, -0.1) is 0 Å². The van der Waals surface area contributed by atoms with E-state index in [2.05, 4.69) is 15.5 Å². The van der Waals surface area contributed by atoms with Gasteiger partial charge in [-0.25, -0.2) is 0 Å². The second-order valence-electron chi connectivity index (χ2n) is 3.33. The number of aromatic nitrogens is 2. The molecule has 1 amide bonds. The van der Waals surface area contributed by atoms with Crippen molar-refractivity contribution in [2.24, 2.45) is 0 Å². The number of carbonyl (C=O) groups is 1. The summed E-state index contributed by atoms with van der Waals surface area (Å²) in [6.07, 6.45) is 1.70. The van der Waals surface area contributed by atoms with E-state index in [0.29, 0.717) is 6.42 Å². The van der Waals surface area contributed by atoms with Crippen LogP contribution in [-0.2, 0) is 0 Å². The Morgan fingerprint density at radius 2 is 2.53 bits per heavy atom. The van der Waals surface area contributed by atoms with Crippen LogP contribution in [0.1, 0.15) is 30.3 Å². The molecule has 1 atom stereocenters. The van der Waals surface area contributed by atoms with E-state index in [9.17, 15) is 14.9 Å². The third-order valence-corrected chi connectivity index (χ3v) is 2.21. The molecule has 0 fully saturated rings. The van der Waals surface area contributed by atoms with Crippen LogP contribution in [0.2, 0.25) is 0 Å². The molecule has 1 rings (SSSR count). The molecule has 8 heteroatoms. The Morgan fingerprint density at radius 3 is 3.06 bits per heavy atom. The quantitative estimate of drug-likeness (QED) is 0.577. The number of hydrogen-bond acceptors (Lipinski definition) is 5. The summed E-state index contributed by atoms with van der Waals surface area (Å²) in [5, 5.41) is 27.4. The van der Waals surface area contributed by atoms with Crippen LogP contribution < -0.4 is 5.32 Å². The first-order chi connectivity index (χ1) is 8.10. The Balaban J connectivity index is 2.79. The zero-order valence-corrected chi connectivity index (χ0v) is 9.14. The number of nitrogens with zero attached hydrogens (tertiary/aromatic N) is 3. The molecule has 0 aliphatic rings. The lowest BCUT2D eigenvalue weighted by Gasteiger charge is -2.11. The molecule has 17 heavy (non-hydrogen) atoms. The van der Waals surface area contributed by atoms with Gasteiger partial charge in [-0.05, 0) is 6.42 Å². The molecule has 1 heterocycles. The highest BCUT2D eigenvalue weighted by Gasteiger charge is 2.24. The second kappa shape index (κ2) is 5.60. The van der Waals surface area contributed by atoms with E-state index in [-0.39, 0.29) is 23.8 Å². The Hall–Kier alpha value is -2.43.